The number of para-hydroxylation sites is 1. The SMILES string of the molecule is COC(=O)C1CCN(CC(=O)Nc2ccccc2C(F)(F)F)CC1. The maximum Gasteiger partial charge on any atom is 0.418 e. The number of ether oxygens (including phenoxy) is 1. The van der Waals surface area contributed by atoms with Gasteiger partial charge in [0, 0.05) is 0 Å². The second-order valence-corrected chi connectivity index (χ2v) is 5.67. The van der Waals surface area contributed by atoms with Crippen molar-refractivity contribution in [3.8, 4) is 0 Å². The molecule has 0 radical (unpaired) electrons. The number of anilines is 1. The summed E-state index contributed by atoms with van der Waals surface area (Å²) in [5, 5.41) is 2.32. The zero-order valence-electron chi connectivity index (χ0n) is 13.2. The highest BCUT2D eigenvalue weighted by Gasteiger charge is 2.33. The van der Waals surface area contributed by atoms with Gasteiger partial charge in [0.1, 0.15) is 0 Å². The van der Waals surface area contributed by atoms with E-state index in [4.69, 9.17) is 0 Å². The number of halogens is 3. The van der Waals surface area contributed by atoms with Gasteiger partial charge >= 0.3 is 12.1 Å². The number of piperidine rings is 1. The first-order chi connectivity index (χ1) is 11.3. The van der Waals surface area contributed by atoms with Crippen LogP contribution < -0.4 is 5.32 Å². The number of esters is 1. The number of alkyl halides is 3. The normalized spacial score (nSPS) is 16.7. The Morgan fingerprint density at radius 2 is 1.88 bits per heavy atom. The van der Waals surface area contributed by atoms with Gasteiger partial charge in [-0.15, -0.1) is 0 Å². The Balaban J connectivity index is 1.90. The Morgan fingerprint density at radius 1 is 1.25 bits per heavy atom. The maximum absolute atomic E-state index is 12.9. The maximum atomic E-state index is 12.9. The number of methoxy groups -OCH3 is 1. The minimum Gasteiger partial charge on any atom is -0.469 e. The van der Waals surface area contributed by atoms with E-state index in [0.29, 0.717) is 25.9 Å². The molecule has 0 unspecified atom stereocenters. The molecule has 1 fully saturated rings. The van der Waals surface area contributed by atoms with Crippen LogP contribution in [0.1, 0.15) is 18.4 Å². The quantitative estimate of drug-likeness (QED) is 0.853. The van der Waals surface area contributed by atoms with Crippen LogP contribution in [0.2, 0.25) is 0 Å². The molecule has 5 nitrogen and oxygen atoms in total. The van der Waals surface area contributed by atoms with Crippen molar-refractivity contribution in [1.82, 2.24) is 4.90 Å². The fourth-order valence-electron chi connectivity index (χ4n) is 2.73. The molecule has 0 saturated carbocycles. The molecule has 1 N–H and O–H groups in total. The van der Waals surface area contributed by atoms with Crippen LogP contribution in [-0.2, 0) is 20.5 Å². The number of nitrogens with zero attached hydrogens (tertiary/aromatic N) is 1. The van der Waals surface area contributed by atoms with Gasteiger partial charge in [-0.25, -0.2) is 0 Å². The molecule has 0 spiro atoms. The van der Waals surface area contributed by atoms with E-state index in [1.54, 1.807) is 0 Å². The van der Waals surface area contributed by atoms with Gasteiger partial charge < -0.3 is 10.1 Å². The van der Waals surface area contributed by atoms with Crippen molar-refractivity contribution in [2.45, 2.75) is 19.0 Å². The summed E-state index contributed by atoms with van der Waals surface area (Å²) in [5.74, 6) is -0.957. The smallest absolute Gasteiger partial charge is 0.418 e. The van der Waals surface area contributed by atoms with Gasteiger partial charge in [-0.2, -0.15) is 13.2 Å². The lowest BCUT2D eigenvalue weighted by atomic mass is 9.97. The topological polar surface area (TPSA) is 58.6 Å². The lowest BCUT2D eigenvalue weighted by Crippen LogP contribution is -2.41. The predicted octanol–water partition coefficient (Wildman–Crippen LogP) is 2.53. The number of nitrogens with one attached hydrogen (secondary N) is 1. The van der Waals surface area contributed by atoms with E-state index in [1.807, 2.05) is 4.90 Å². The Labute approximate surface area is 137 Å². The third kappa shape index (κ3) is 4.70. The van der Waals surface area contributed by atoms with Crippen LogP contribution in [0.5, 0.6) is 0 Å². The summed E-state index contributed by atoms with van der Waals surface area (Å²) in [5.41, 5.74) is -1.12. The Hall–Kier alpha value is -2.09. The fraction of sp³-hybridized carbons (Fsp3) is 0.500. The lowest BCUT2D eigenvalue weighted by molar-refractivity contribution is -0.147. The summed E-state index contributed by atoms with van der Waals surface area (Å²) < 4.78 is 43.4. The first-order valence-electron chi connectivity index (χ1n) is 7.57. The molecule has 0 aromatic heterocycles. The third-order valence-electron chi connectivity index (χ3n) is 4.00. The Kier molecular flexibility index (Phi) is 5.82. The molecular weight excluding hydrogens is 325 g/mol. The second-order valence-electron chi connectivity index (χ2n) is 5.67. The predicted molar refractivity (Wildman–Crippen MR) is 81.3 cm³/mol. The van der Waals surface area contributed by atoms with Crippen molar-refractivity contribution in [3.63, 3.8) is 0 Å². The molecule has 0 atom stereocenters. The minimum absolute atomic E-state index is 0.0138. The highest BCUT2D eigenvalue weighted by Crippen LogP contribution is 2.34. The number of benzene rings is 1. The van der Waals surface area contributed by atoms with Crippen LogP contribution >= 0.6 is 0 Å². The lowest BCUT2D eigenvalue weighted by Gasteiger charge is -2.30. The van der Waals surface area contributed by atoms with Gasteiger partial charge in [-0.3, -0.25) is 14.5 Å². The number of carbonyl (C=O) groups is 2. The third-order valence-corrected chi connectivity index (χ3v) is 4.00. The van der Waals surface area contributed by atoms with Crippen LogP contribution in [0.25, 0.3) is 0 Å². The summed E-state index contributed by atoms with van der Waals surface area (Å²) in [6.07, 6.45) is -3.39. The van der Waals surface area contributed by atoms with Crippen molar-refractivity contribution in [3.05, 3.63) is 29.8 Å². The number of rotatable bonds is 4. The molecule has 1 saturated heterocycles. The number of hydrogen-bond acceptors (Lipinski definition) is 4. The van der Waals surface area contributed by atoms with Crippen LogP contribution in [0.3, 0.4) is 0 Å². The minimum atomic E-state index is -4.53. The summed E-state index contributed by atoms with van der Waals surface area (Å²) >= 11 is 0. The van der Waals surface area contributed by atoms with Gasteiger partial charge in [0.05, 0.1) is 30.8 Å². The zero-order chi connectivity index (χ0) is 17.7. The molecule has 1 heterocycles. The Bertz CT molecular complexity index is 596. The van der Waals surface area contributed by atoms with Crippen molar-refractivity contribution < 1.29 is 27.5 Å². The molecule has 1 amide bonds. The second kappa shape index (κ2) is 7.65. The summed E-state index contributed by atoms with van der Waals surface area (Å²) in [7, 11) is 1.33. The monoisotopic (exact) mass is 344 g/mol. The molecule has 0 bridgehead atoms. The van der Waals surface area contributed by atoms with E-state index in [-0.39, 0.29) is 24.1 Å². The van der Waals surface area contributed by atoms with E-state index >= 15 is 0 Å². The van der Waals surface area contributed by atoms with E-state index in [1.165, 1.54) is 25.3 Å². The van der Waals surface area contributed by atoms with Crippen LogP contribution in [0.15, 0.2) is 24.3 Å². The van der Waals surface area contributed by atoms with Crippen LogP contribution in [0.4, 0.5) is 18.9 Å². The standard InChI is InChI=1S/C16H19F3N2O3/c1-24-15(23)11-6-8-21(9-7-11)10-14(22)20-13-5-3-2-4-12(13)16(17,18)19/h2-5,11H,6-10H2,1H3,(H,20,22). The highest BCUT2D eigenvalue weighted by molar-refractivity contribution is 5.93. The molecule has 2 rings (SSSR count). The van der Waals surface area contributed by atoms with E-state index in [0.717, 1.165) is 6.07 Å². The summed E-state index contributed by atoms with van der Waals surface area (Å²) in [4.78, 5) is 25.3. The molecular formula is C16H19F3N2O3. The molecule has 132 valence electrons. The average Bonchev–Trinajstić information content (AvgIpc) is 2.54. The molecule has 8 heteroatoms. The largest absolute Gasteiger partial charge is 0.469 e. The van der Waals surface area contributed by atoms with Gasteiger partial charge in [0.2, 0.25) is 5.91 Å². The zero-order valence-corrected chi connectivity index (χ0v) is 13.2. The van der Waals surface area contributed by atoms with Crippen molar-refractivity contribution in [1.29, 1.82) is 0 Å². The van der Waals surface area contributed by atoms with Crippen LogP contribution in [-0.4, -0.2) is 43.5 Å². The van der Waals surface area contributed by atoms with Crippen LogP contribution in [0, 0.1) is 5.92 Å². The summed E-state index contributed by atoms with van der Waals surface area (Å²) in [6, 6.07) is 4.87. The van der Waals surface area contributed by atoms with E-state index < -0.39 is 17.6 Å². The van der Waals surface area contributed by atoms with Gasteiger partial charge in [0.25, 0.3) is 0 Å². The summed E-state index contributed by atoms with van der Waals surface area (Å²) in [6.45, 7) is 1.03. The van der Waals surface area contributed by atoms with Crippen molar-refractivity contribution in [2.24, 2.45) is 5.92 Å². The Morgan fingerprint density at radius 3 is 2.46 bits per heavy atom. The number of amides is 1. The van der Waals surface area contributed by atoms with Gasteiger partial charge in [-0.1, -0.05) is 12.1 Å². The fourth-order valence-corrected chi connectivity index (χ4v) is 2.73. The van der Waals surface area contributed by atoms with Crippen molar-refractivity contribution in [2.75, 3.05) is 32.1 Å². The molecule has 1 aromatic carbocycles. The van der Waals surface area contributed by atoms with Gasteiger partial charge in [-0.05, 0) is 38.1 Å². The molecule has 1 aromatic rings. The van der Waals surface area contributed by atoms with E-state index in [9.17, 15) is 22.8 Å². The van der Waals surface area contributed by atoms with Gasteiger partial charge in [0.15, 0.2) is 0 Å². The van der Waals surface area contributed by atoms with Crippen molar-refractivity contribution >= 4 is 17.6 Å². The number of carbonyl (C=O) groups excluding carboxylic acids is 2. The first kappa shape index (κ1) is 18.3. The molecule has 0 aliphatic carbocycles. The van der Waals surface area contributed by atoms with E-state index in [2.05, 4.69) is 10.1 Å². The molecule has 1 aliphatic heterocycles. The average molecular weight is 344 g/mol. The number of hydrogen-bond donors (Lipinski definition) is 1. The number of likely N-dealkylation sites (tertiary alicyclic amines) is 1. The first-order valence-corrected chi connectivity index (χ1v) is 7.57. The molecule has 24 heavy (non-hydrogen) atoms. The highest BCUT2D eigenvalue weighted by atomic mass is 19.4. The molecule has 1 aliphatic rings.